The molecule has 12 atom stereocenters. The second-order valence-corrected chi connectivity index (χ2v) is 15.5. The van der Waals surface area contributed by atoms with Crippen molar-refractivity contribution in [1.29, 1.82) is 0 Å². The average molecular weight is 866 g/mol. The van der Waals surface area contributed by atoms with Crippen LogP contribution in [0.25, 0.3) is 0 Å². The second-order valence-electron chi connectivity index (χ2n) is 15.5. The Labute approximate surface area is 358 Å². The van der Waals surface area contributed by atoms with E-state index in [0.717, 1.165) is 0 Å². The summed E-state index contributed by atoms with van der Waals surface area (Å²) in [6.07, 6.45) is -15.1. The normalized spacial score (nSPS) is 31.3. The Kier molecular flexibility index (Phi) is 16.4. The number of ether oxygens (including phenoxy) is 6. The van der Waals surface area contributed by atoms with Crippen LogP contribution < -0.4 is 15.4 Å². The van der Waals surface area contributed by atoms with Crippen molar-refractivity contribution in [1.82, 2.24) is 15.5 Å². The Morgan fingerprint density at radius 1 is 0.790 bits per heavy atom. The smallest absolute Gasteiger partial charge is 0.338 e. The fourth-order valence-electron chi connectivity index (χ4n) is 7.48. The quantitative estimate of drug-likeness (QED) is 0.138. The molecule has 3 fully saturated rings. The number of hydrogen-bond acceptors (Lipinski definition) is 16. The second kappa shape index (κ2) is 21.9. The number of benzene rings is 3. The van der Waals surface area contributed by atoms with Gasteiger partial charge in [0.15, 0.2) is 12.4 Å². The molecule has 3 aromatic rings. The Morgan fingerprint density at radius 2 is 1.47 bits per heavy atom. The predicted octanol–water partition coefficient (Wildman–Crippen LogP) is 0.587. The minimum Gasteiger partial charge on any atom is -0.462 e. The predicted molar refractivity (Wildman–Crippen MR) is 217 cm³/mol. The van der Waals surface area contributed by atoms with E-state index in [-0.39, 0.29) is 36.1 Å². The van der Waals surface area contributed by atoms with Crippen molar-refractivity contribution >= 4 is 23.8 Å². The van der Waals surface area contributed by atoms with Gasteiger partial charge in [-0.2, -0.15) is 0 Å². The van der Waals surface area contributed by atoms with Gasteiger partial charge in [-0.3, -0.25) is 14.4 Å². The highest BCUT2D eigenvalue weighted by Gasteiger charge is 2.51. The molecular weight excluding hydrogens is 810 g/mol. The monoisotopic (exact) mass is 865 g/mol. The summed E-state index contributed by atoms with van der Waals surface area (Å²) in [4.78, 5) is 52.9. The number of amides is 2. The Bertz CT molecular complexity index is 1930. The van der Waals surface area contributed by atoms with Crippen LogP contribution in [0.5, 0.6) is 5.75 Å². The lowest BCUT2D eigenvalue weighted by Gasteiger charge is -2.45. The molecule has 6 rings (SSSR count). The number of nitrogens with zero attached hydrogens (tertiary/aromatic N) is 1. The number of nitrogens with one attached hydrogen (secondary N) is 2. The zero-order valence-electron chi connectivity index (χ0n) is 34.4. The molecule has 0 bridgehead atoms. The molecule has 0 aromatic heterocycles. The van der Waals surface area contributed by atoms with Crippen molar-refractivity contribution in [2.75, 3.05) is 32.8 Å². The van der Waals surface area contributed by atoms with Crippen LogP contribution in [0.3, 0.4) is 0 Å². The fraction of sp³-hybridized carbons (Fsp3) is 0.500. The molecule has 0 spiro atoms. The number of esters is 2. The van der Waals surface area contributed by atoms with E-state index in [0.29, 0.717) is 43.6 Å². The third kappa shape index (κ3) is 12.1. The van der Waals surface area contributed by atoms with Crippen LogP contribution in [-0.4, -0.2) is 154 Å². The highest BCUT2D eigenvalue weighted by atomic mass is 16.8. The third-order valence-electron chi connectivity index (χ3n) is 10.9. The van der Waals surface area contributed by atoms with Crippen molar-refractivity contribution in [2.45, 2.75) is 107 Å². The number of aliphatic hydroxyl groups excluding tert-OH is 5. The van der Waals surface area contributed by atoms with Crippen LogP contribution in [0.2, 0.25) is 0 Å². The van der Waals surface area contributed by atoms with Crippen molar-refractivity contribution < 1.29 is 73.1 Å². The van der Waals surface area contributed by atoms with Gasteiger partial charge in [-0.1, -0.05) is 48.5 Å². The van der Waals surface area contributed by atoms with E-state index >= 15 is 0 Å². The molecule has 3 aliphatic heterocycles. The number of hydrogen-bond donors (Lipinski definition) is 7. The van der Waals surface area contributed by atoms with Crippen molar-refractivity contribution in [3.63, 3.8) is 0 Å². The van der Waals surface area contributed by atoms with Gasteiger partial charge < -0.3 is 69.5 Å². The molecule has 18 nitrogen and oxygen atoms in total. The molecule has 18 heteroatoms. The van der Waals surface area contributed by atoms with E-state index < -0.39 is 92.1 Å². The minimum atomic E-state index is -1.84. The molecule has 0 saturated carbocycles. The van der Waals surface area contributed by atoms with Crippen LogP contribution in [-0.2, 0) is 33.3 Å². The largest absolute Gasteiger partial charge is 0.462 e. The lowest BCUT2D eigenvalue weighted by molar-refractivity contribution is -0.355. The number of rotatable bonds is 10. The van der Waals surface area contributed by atoms with Crippen LogP contribution in [0.15, 0.2) is 84.9 Å². The molecule has 0 radical (unpaired) electrons. The fourth-order valence-corrected chi connectivity index (χ4v) is 7.48. The first-order valence-corrected chi connectivity index (χ1v) is 20.7. The molecule has 3 saturated heterocycles. The van der Waals surface area contributed by atoms with E-state index in [1.54, 1.807) is 71.6 Å². The summed E-state index contributed by atoms with van der Waals surface area (Å²) in [6, 6.07) is 23.1. The molecular formula is C44H55N3O15. The highest BCUT2D eigenvalue weighted by Crippen LogP contribution is 2.31. The van der Waals surface area contributed by atoms with E-state index in [4.69, 9.17) is 28.4 Å². The summed E-state index contributed by atoms with van der Waals surface area (Å²) in [5.74, 6) is -1.39. The molecule has 3 aromatic carbocycles. The van der Waals surface area contributed by atoms with Gasteiger partial charge in [0.05, 0.1) is 18.2 Å². The van der Waals surface area contributed by atoms with Crippen LogP contribution in [0.1, 0.15) is 65.4 Å². The molecule has 2 amide bonds. The van der Waals surface area contributed by atoms with E-state index in [9.17, 15) is 44.7 Å². The maximum atomic E-state index is 13.4. The molecule has 336 valence electrons. The first-order chi connectivity index (χ1) is 29.8. The SMILES string of the molecule is CC(=O)OC1CCNC(c2ccc(OC3OC(C)C(O)C(O)C3OC3OC(COC(=O)c4ccccc4)C(O)C(O)C3O)cc2)CC(=O)NCCCN(C(=O)c2ccccc2)C1. The summed E-state index contributed by atoms with van der Waals surface area (Å²) in [5, 5.41) is 60.4. The summed E-state index contributed by atoms with van der Waals surface area (Å²) in [5.41, 5.74) is 1.45. The Hall–Kier alpha value is -5.02. The van der Waals surface area contributed by atoms with Gasteiger partial charge in [0.25, 0.3) is 5.91 Å². The van der Waals surface area contributed by atoms with Gasteiger partial charge in [0.2, 0.25) is 12.2 Å². The van der Waals surface area contributed by atoms with Crippen LogP contribution >= 0.6 is 0 Å². The van der Waals surface area contributed by atoms with Gasteiger partial charge in [0, 0.05) is 38.0 Å². The number of carbonyl (C=O) groups is 4. The van der Waals surface area contributed by atoms with Crippen molar-refractivity contribution in [3.05, 3.63) is 102 Å². The van der Waals surface area contributed by atoms with Gasteiger partial charge in [-0.25, -0.2) is 4.79 Å². The average Bonchev–Trinajstić information content (AvgIpc) is 3.28. The standard InChI is InChI=1S/C44H55N3O15/c1-25-35(50)38(53)40(62-43-39(54)37(52)36(51)33(61-43)24-57-42(56)29-12-7-4-8-13-29)44(58-25)60-30-16-14-27(15-17-30)32-22-34(49)46-19-9-21-47(41(55)28-10-5-3-6-11-28)23-31(18-20-45-32)59-26(2)48/h3-8,10-17,25,31-33,35-40,43-45,50-54H,9,18-24H2,1-2H3,(H,46,49). The van der Waals surface area contributed by atoms with Gasteiger partial charge >= 0.3 is 11.9 Å². The van der Waals surface area contributed by atoms with Crippen molar-refractivity contribution in [3.8, 4) is 5.75 Å². The number of carbonyl (C=O) groups excluding carboxylic acids is 4. The summed E-state index contributed by atoms with van der Waals surface area (Å²) < 4.78 is 34.6. The van der Waals surface area contributed by atoms with Crippen LogP contribution in [0, 0.1) is 0 Å². The van der Waals surface area contributed by atoms with Gasteiger partial charge in [-0.05, 0) is 68.3 Å². The molecule has 12 unspecified atom stereocenters. The first kappa shape index (κ1) is 46.5. The number of aliphatic hydroxyl groups is 5. The lowest BCUT2D eigenvalue weighted by atomic mass is 9.97. The maximum Gasteiger partial charge on any atom is 0.338 e. The molecule has 3 heterocycles. The van der Waals surface area contributed by atoms with E-state index in [2.05, 4.69) is 10.6 Å². The Balaban J connectivity index is 1.12. The molecule has 62 heavy (non-hydrogen) atoms. The third-order valence-corrected chi connectivity index (χ3v) is 10.9. The van der Waals surface area contributed by atoms with Crippen LogP contribution in [0.4, 0.5) is 0 Å². The van der Waals surface area contributed by atoms with Crippen molar-refractivity contribution in [2.24, 2.45) is 0 Å². The zero-order chi connectivity index (χ0) is 44.3. The molecule has 3 aliphatic rings. The molecule has 0 aliphatic carbocycles. The van der Waals surface area contributed by atoms with Gasteiger partial charge in [-0.15, -0.1) is 0 Å². The zero-order valence-corrected chi connectivity index (χ0v) is 34.4. The molecule has 7 N–H and O–H groups in total. The maximum absolute atomic E-state index is 13.4. The van der Waals surface area contributed by atoms with E-state index in [1.165, 1.54) is 26.0 Å². The highest BCUT2D eigenvalue weighted by molar-refractivity contribution is 5.94. The summed E-state index contributed by atoms with van der Waals surface area (Å²) >= 11 is 0. The Morgan fingerprint density at radius 3 is 2.15 bits per heavy atom. The lowest BCUT2D eigenvalue weighted by Crippen LogP contribution is -2.64. The summed E-state index contributed by atoms with van der Waals surface area (Å²) in [6.45, 7) is 3.44. The first-order valence-electron chi connectivity index (χ1n) is 20.7. The minimum absolute atomic E-state index is 0.0606. The summed E-state index contributed by atoms with van der Waals surface area (Å²) in [7, 11) is 0. The van der Waals surface area contributed by atoms with E-state index in [1.807, 2.05) is 6.07 Å². The van der Waals surface area contributed by atoms with Gasteiger partial charge in [0.1, 0.15) is 55.1 Å². The topological polar surface area (TPSA) is 252 Å².